The first-order valence-electron chi connectivity index (χ1n) is 7.30. The molecular formula is C17H22O. The van der Waals surface area contributed by atoms with Crippen LogP contribution in [-0.4, -0.2) is 6.10 Å². The van der Waals surface area contributed by atoms with Crippen molar-refractivity contribution in [2.75, 3.05) is 0 Å². The van der Waals surface area contributed by atoms with Crippen molar-refractivity contribution in [1.82, 2.24) is 0 Å². The van der Waals surface area contributed by atoms with E-state index in [-0.39, 0.29) is 6.10 Å². The van der Waals surface area contributed by atoms with Gasteiger partial charge in [0.25, 0.3) is 0 Å². The first-order chi connectivity index (χ1) is 8.93. The van der Waals surface area contributed by atoms with Gasteiger partial charge in [0.2, 0.25) is 0 Å². The van der Waals surface area contributed by atoms with Crippen molar-refractivity contribution < 1.29 is 4.74 Å². The minimum Gasteiger partial charge on any atom is -0.366 e. The van der Waals surface area contributed by atoms with Crippen LogP contribution in [0.15, 0.2) is 42.5 Å². The predicted octanol–water partition coefficient (Wildman–Crippen LogP) is 4.65. The van der Waals surface area contributed by atoms with Gasteiger partial charge in [0.1, 0.15) is 0 Å². The van der Waals surface area contributed by atoms with Crippen LogP contribution < -0.4 is 0 Å². The first kappa shape index (κ1) is 12.0. The Morgan fingerprint density at radius 1 is 0.944 bits per heavy atom. The summed E-state index contributed by atoms with van der Waals surface area (Å²) in [6, 6.07) is 10.6. The van der Waals surface area contributed by atoms with Crippen LogP contribution in [0.25, 0.3) is 0 Å². The fourth-order valence-corrected chi connectivity index (χ4v) is 3.24. The average molecular weight is 242 g/mol. The van der Waals surface area contributed by atoms with Crippen LogP contribution in [0.5, 0.6) is 0 Å². The molecule has 1 aromatic rings. The van der Waals surface area contributed by atoms with Gasteiger partial charge in [-0.3, -0.25) is 0 Å². The quantitative estimate of drug-likeness (QED) is 0.686. The molecule has 1 aromatic carbocycles. The van der Waals surface area contributed by atoms with E-state index in [9.17, 15) is 0 Å². The van der Waals surface area contributed by atoms with E-state index in [0.29, 0.717) is 6.10 Å². The van der Waals surface area contributed by atoms with Gasteiger partial charge in [0.15, 0.2) is 0 Å². The molecular weight excluding hydrogens is 220 g/mol. The summed E-state index contributed by atoms with van der Waals surface area (Å²) in [6.45, 7) is 0. The van der Waals surface area contributed by atoms with Gasteiger partial charge in [-0.1, -0.05) is 61.7 Å². The van der Waals surface area contributed by atoms with Crippen LogP contribution >= 0.6 is 0 Å². The third-order valence-electron chi connectivity index (χ3n) is 4.28. The van der Waals surface area contributed by atoms with E-state index < -0.39 is 0 Å². The number of hydrogen-bond donors (Lipinski definition) is 0. The van der Waals surface area contributed by atoms with Crippen LogP contribution in [0, 0.1) is 5.92 Å². The minimum absolute atomic E-state index is 0.267. The molecule has 96 valence electrons. The SMILES string of the molecule is C1=C[C@@H](C2CCCCC2)O[C@@H](c2ccccc2)C1. The Morgan fingerprint density at radius 3 is 2.50 bits per heavy atom. The zero-order valence-electron chi connectivity index (χ0n) is 10.9. The lowest BCUT2D eigenvalue weighted by Gasteiger charge is -2.34. The molecule has 0 amide bonds. The van der Waals surface area contributed by atoms with Crippen molar-refractivity contribution >= 4 is 0 Å². The second-order valence-corrected chi connectivity index (χ2v) is 5.56. The molecule has 0 aromatic heterocycles. The summed E-state index contributed by atoms with van der Waals surface area (Å²) in [7, 11) is 0. The normalized spacial score (nSPS) is 29.3. The van der Waals surface area contributed by atoms with Gasteiger partial charge in [-0.05, 0) is 30.7 Å². The van der Waals surface area contributed by atoms with Gasteiger partial charge in [-0.25, -0.2) is 0 Å². The summed E-state index contributed by atoms with van der Waals surface area (Å²) in [5.41, 5.74) is 1.32. The van der Waals surface area contributed by atoms with E-state index in [0.717, 1.165) is 12.3 Å². The molecule has 0 saturated heterocycles. The third-order valence-corrected chi connectivity index (χ3v) is 4.28. The lowest BCUT2D eigenvalue weighted by Crippen LogP contribution is -2.28. The molecule has 0 spiro atoms. The maximum atomic E-state index is 6.33. The third kappa shape index (κ3) is 2.67. The predicted molar refractivity (Wildman–Crippen MR) is 74.4 cm³/mol. The van der Waals surface area contributed by atoms with Crippen molar-refractivity contribution in [1.29, 1.82) is 0 Å². The maximum Gasteiger partial charge on any atom is 0.0867 e. The number of benzene rings is 1. The van der Waals surface area contributed by atoms with E-state index in [1.54, 1.807) is 0 Å². The molecule has 1 aliphatic heterocycles. The number of hydrogen-bond acceptors (Lipinski definition) is 1. The fraction of sp³-hybridized carbons (Fsp3) is 0.529. The Balaban J connectivity index is 1.68. The van der Waals surface area contributed by atoms with Crippen LogP contribution in [0.4, 0.5) is 0 Å². The van der Waals surface area contributed by atoms with E-state index >= 15 is 0 Å². The maximum absolute atomic E-state index is 6.33. The van der Waals surface area contributed by atoms with Gasteiger partial charge in [0, 0.05) is 0 Å². The van der Waals surface area contributed by atoms with Crippen molar-refractivity contribution in [3.63, 3.8) is 0 Å². The zero-order valence-corrected chi connectivity index (χ0v) is 10.9. The highest BCUT2D eigenvalue weighted by Gasteiger charge is 2.27. The largest absolute Gasteiger partial charge is 0.366 e. The summed E-state index contributed by atoms with van der Waals surface area (Å²) in [4.78, 5) is 0. The van der Waals surface area contributed by atoms with Crippen LogP contribution in [0.3, 0.4) is 0 Å². The Kier molecular flexibility index (Phi) is 3.80. The molecule has 2 aliphatic rings. The van der Waals surface area contributed by atoms with Crippen molar-refractivity contribution in [3.8, 4) is 0 Å². The van der Waals surface area contributed by atoms with Gasteiger partial charge in [-0.2, -0.15) is 0 Å². The summed E-state index contributed by atoms with van der Waals surface area (Å²) < 4.78 is 6.33. The Bertz CT molecular complexity index is 389. The summed E-state index contributed by atoms with van der Waals surface area (Å²) in [6.07, 6.45) is 13.1. The first-order valence-corrected chi connectivity index (χ1v) is 7.30. The Morgan fingerprint density at radius 2 is 1.72 bits per heavy atom. The Labute approximate surface area is 110 Å². The molecule has 18 heavy (non-hydrogen) atoms. The molecule has 1 fully saturated rings. The average Bonchev–Trinajstić information content (AvgIpc) is 2.49. The topological polar surface area (TPSA) is 9.23 Å². The highest BCUT2D eigenvalue weighted by Crippen LogP contribution is 2.35. The number of rotatable bonds is 2. The molecule has 1 aliphatic carbocycles. The van der Waals surface area contributed by atoms with Crippen molar-refractivity contribution in [2.24, 2.45) is 5.92 Å². The van der Waals surface area contributed by atoms with Crippen LogP contribution in [-0.2, 0) is 4.74 Å². The van der Waals surface area contributed by atoms with E-state index in [1.807, 2.05) is 0 Å². The Hall–Kier alpha value is -1.08. The van der Waals surface area contributed by atoms with Crippen LogP contribution in [0.2, 0.25) is 0 Å². The standard InChI is InChI=1S/C17H22O/c1-3-8-14(9-4-1)16-12-7-13-17(18-16)15-10-5-2-6-11-15/h1,3-4,7-9,13,15-17H,2,5-6,10-12H2/t16-,17+/m1/s1. The van der Waals surface area contributed by atoms with E-state index in [1.165, 1.54) is 37.7 Å². The smallest absolute Gasteiger partial charge is 0.0867 e. The molecule has 0 N–H and O–H groups in total. The van der Waals surface area contributed by atoms with Gasteiger partial charge in [0.05, 0.1) is 12.2 Å². The highest BCUT2D eigenvalue weighted by molar-refractivity contribution is 5.19. The molecule has 3 rings (SSSR count). The lowest BCUT2D eigenvalue weighted by molar-refractivity contribution is -0.0327. The molecule has 1 saturated carbocycles. The summed E-state index contributed by atoms with van der Waals surface area (Å²) in [5, 5.41) is 0. The van der Waals surface area contributed by atoms with E-state index in [2.05, 4.69) is 42.5 Å². The summed E-state index contributed by atoms with van der Waals surface area (Å²) in [5.74, 6) is 0.751. The second-order valence-electron chi connectivity index (χ2n) is 5.56. The van der Waals surface area contributed by atoms with Crippen molar-refractivity contribution in [3.05, 3.63) is 48.0 Å². The molecule has 0 radical (unpaired) electrons. The van der Waals surface area contributed by atoms with Gasteiger partial charge < -0.3 is 4.74 Å². The van der Waals surface area contributed by atoms with Crippen LogP contribution in [0.1, 0.15) is 50.2 Å². The molecule has 0 unspecified atom stereocenters. The highest BCUT2D eigenvalue weighted by atomic mass is 16.5. The zero-order chi connectivity index (χ0) is 12.2. The van der Waals surface area contributed by atoms with E-state index in [4.69, 9.17) is 4.74 Å². The minimum atomic E-state index is 0.267. The van der Waals surface area contributed by atoms with Gasteiger partial charge in [-0.15, -0.1) is 0 Å². The molecule has 2 atom stereocenters. The molecule has 1 heterocycles. The lowest BCUT2D eigenvalue weighted by atomic mass is 9.84. The molecule has 1 nitrogen and oxygen atoms in total. The summed E-state index contributed by atoms with van der Waals surface area (Å²) >= 11 is 0. The fourth-order valence-electron chi connectivity index (χ4n) is 3.24. The molecule has 1 heteroatoms. The van der Waals surface area contributed by atoms with Gasteiger partial charge >= 0.3 is 0 Å². The second kappa shape index (κ2) is 5.71. The monoisotopic (exact) mass is 242 g/mol. The molecule has 0 bridgehead atoms. The van der Waals surface area contributed by atoms with Crippen molar-refractivity contribution in [2.45, 2.75) is 50.7 Å². The number of ether oxygens (including phenoxy) is 1.